The predicted octanol–water partition coefficient (Wildman–Crippen LogP) is 2.20. The van der Waals surface area contributed by atoms with Crippen LogP contribution in [0.2, 0.25) is 0 Å². The van der Waals surface area contributed by atoms with Gasteiger partial charge in [-0.3, -0.25) is 14.4 Å². The number of cyclic esters (lactones) is 1. The number of nitrogens with one attached hydrogen (secondary N) is 3. The first-order valence-corrected chi connectivity index (χ1v) is 17.4. The molecule has 1 saturated carbocycles. The fourth-order valence-electron chi connectivity index (χ4n) is 7.00. The first-order valence-electron chi connectivity index (χ1n) is 17.4. The Balaban J connectivity index is 1.34. The molecule has 1 aromatic heterocycles. The van der Waals surface area contributed by atoms with Gasteiger partial charge in [-0.25, -0.2) is 9.78 Å². The maximum Gasteiger partial charge on any atom is 0.410 e. The van der Waals surface area contributed by atoms with Gasteiger partial charge in [-0.1, -0.05) is 62.4 Å². The number of aromatic amines is 1. The maximum atomic E-state index is 14.1. The molecule has 5 atom stereocenters. The highest BCUT2D eigenvalue weighted by atomic mass is 16.6. The number of carbonyl (C=O) groups is 4. The van der Waals surface area contributed by atoms with Crippen molar-refractivity contribution >= 4 is 23.8 Å². The Morgan fingerprint density at radius 1 is 1.04 bits per heavy atom. The lowest BCUT2D eigenvalue weighted by Gasteiger charge is -2.33. The first kappa shape index (κ1) is 35.3. The number of H-pyrrole nitrogens is 1. The van der Waals surface area contributed by atoms with Gasteiger partial charge in [-0.15, -0.1) is 0 Å². The molecule has 13 nitrogen and oxygen atoms in total. The van der Waals surface area contributed by atoms with Crippen LogP contribution in [0.15, 0.2) is 42.9 Å². The van der Waals surface area contributed by atoms with Crippen molar-refractivity contribution in [3.63, 3.8) is 0 Å². The Kier molecular flexibility index (Phi) is 12.8. The fraction of sp³-hybridized carbons (Fsp3) is 0.629. The van der Waals surface area contributed by atoms with Gasteiger partial charge < -0.3 is 40.0 Å². The zero-order valence-electron chi connectivity index (χ0n) is 27.9. The Bertz CT molecular complexity index is 1330. The zero-order valence-corrected chi connectivity index (χ0v) is 27.9. The van der Waals surface area contributed by atoms with Gasteiger partial charge in [0.1, 0.15) is 18.2 Å². The van der Waals surface area contributed by atoms with Crippen LogP contribution in [-0.2, 0) is 36.7 Å². The third-order valence-electron chi connectivity index (χ3n) is 9.82. The second-order valence-electron chi connectivity index (χ2n) is 13.2. The summed E-state index contributed by atoms with van der Waals surface area (Å²) >= 11 is 0. The van der Waals surface area contributed by atoms with Crippen molar-refractivity contribution in [1.82, 2.24) is 30.4 Å². The number of ether oxygens (including phenoxy) is 2. The number of aromatic nitrogens is 2. The first-order chi connectivity index (χ1) is 23.3. The molecule has 4 N–H and O–H groups in total. The molecule has 0 bridgehead atoms. The number of imidazole rings is 1. The van der Waals surface area contributed by atoms with Crippen molar-refractivity contribution in [3.8, 4) is 0 Å². The lowest BCUT2D eigenvalue weighted by Crippen LogP contribution is -2.57. The van der Waals surface area contributed by atoms with Crippen LogP contribution < -0.4 is 10.6 Å². The molecular formula is C35H50N6O7. The van der Waals surface area contributed by atoms with Crippen LogP contribution in [0.3, 0.4) is 0 Å². The standard InChI is InChI=1S/C35H50N6O7/c1-2-40-22-30(48-35(40)46)32(43)28(18-25-11-7-4-8-12-25)38-34(45)29(20-27-21-36-23-37-27)39-33(44)26(17-24-9-5-3-6-10-24)19-31(42)41-13-15-47-16-14-41/h3,5-6,9-10,21,23,25-26,28-30,32,43H,2,4,7-8,11-20,22H2,1H3,(H,36,37)(H,38,45)(H,39,44)/t26-,28-,29-,30-,32+/m0/s1. The summed E-state index contributed by atoms with van der Waals surface area (Å²) in [6.45, 7) is 4.40. The Morgan fingerprint density at radius 2 is 1.79 bits per heavy atom. The van der Waals surface area contributed by atoms with Gasteiger partial charge in [-0.05, 0) is 31.2 Å². The highest BCUT2D eigenvalue weighted by molar-refractivity contribution is 5.91. The van der Waals surface area contributed by atoms with Crippen LogP contribution in [0.1, 0.15) is 63.1 Å². The second-order valence-corrected chi connectivity index (χ2v) is 13.2. The molecule has 2 aromatic rings. The van der Waals surface area contributed by atoms with E-state index in [9.17, 15) is 24.3 Å². The van der Waals surface area contributed by atoms with Crippen LogP contribution in [0.5, 0.6) is 0 Å². The van der Waals surface area contributed by atoms with Crippen LogP contribution in [-0.4, -0.2) is 112 Å². The smallest absolute Gasteiger partial charge is 0.410 e. The van der Waals surface area contributed by atoms with Gasteiger partial charge in [0.05, 0.1) is 38.0 Å². The van der Waals surface area contributed by atoms with E-state index in [4.69, 9.17) is 9.47 Å². The maximum absolute atomic E-state index is 14.1. The summed E-state index contributed by atoms with van der Waals surface area (Å²) in [6, 6.07) is 7.80. The highest BCUT2D eigenvalue weighted by Gasteiger charge is 2.41. The van der Waals surface area contributed by atoms with Crippen molar-refractivity contribution < 1.29 is 33.8 Å². The SMILES string of the molecule is CCN1C[C@@H]([C@H](O)[C@H](CC2CCCCC2)NC(=O)[C@H](Cc2cnc[nH]2)NC(=O)[C@H](CC(=O)N2CCOCC2)Cc2ccccc2)OC1=O. The predicted molar refractivity (Wildman–Crippen MR) is 177 cm³/mol. The molecule has 3 fully saturated rings. The second kappa shape index (κ2) is 17.4. The number of rotatable bonds is 15. The number of nitrogens with zero attached hydrogens (tertiary/aromatic N) is 3. The van der Waals surface area contributed by atoms with E-state index in [1.54, 1.807) is 11.1 Å². The minimum absolute atomic E-state index is 0.0108. The average Bonchev–Trinajstić information content (AvgIpc) is 3.77. The Hall–Kier alpha value is -3.97. The molecule has 1 aliphatic carbocycles. The number of morpholine rings is 1. The highest BCUT2D eigenvalue weighted by Crippen LogP contribution is 2.29. The van der Waals surface area contributed by atoms with Gasteiger partial charge in [0, 0.05) is 44.4 Å². The van der Waals surface area contributed by atoms with Crippen molar-refractivity contribution in [1.29, 1.82) is 0 Å². The van der Waals surface area contributed by atoms with Gasteiger partial charge >= 0.3 is 6.09 Å². The van der Waals surface area contributed by atoms with Crippen LogP contribution in [0, 0.1) is 11.8 Å². The van der Waals surface area contributed by atoms with E-state index in [2.05, 4.69) is 20.6 Å². The summed E-state index contributed by atoms with van der Waals surface area (Å²) in [5.41, 5.74) is 1.55. The van der Waals surface area contributed by atoms with E-state index in [0.717, 1.165) is 37.7 Å². The number of hydrogen-bond donors (Lipinski definition) is 4. The Morgan fingerprint density at radius 3 is 2.46 bits per heavy atom. The molecular weight excluding hydrogens is 616 g/mol. The van der Waals surface area contributed by atoms with Gasteiger partial charge in [0.15, 0.2) is 0 Å². The Labute approximate surface area is 282 Å². The quantitative estimate of drug-likeness (QED) is 0.225. The number of amides is 4. The number of benzene rings is 1. The molecule has 4 amide bonds. The van der Waals surface area contributed by atoms with E-state index in [0.29, 0.717) is 57.3 Å². The average molecular weight is 667 g/mol. The summed E-state index contributed by atoms with van der Waals surface area (Å²) in [6.07, 6.45) is 7.03. The normalized spacial score (nSPS) is 21.2. The number of hydrogen-bond acceptors (Lipinski definition) is 8. The summed E-state index contributed by atoms with van der Waals surface area (Å²) < 4.78 is 10.9. The number of aliphatic hydroxyl groups excluding tert-OH is 1. The van der Waals surface area contributed by atoms with E-state index in [1.165, 1.54) is 11.2 Å². The molecule has 262 valence electrons. The molecule has 2 saturated heterocycles. The third kappa shape index (κ3) is 9.79. The summed E-state index contributed by atoms with van der Waals surface area (Å²) in [4.78, 5) is 64.2. The minimum atomic E-state index is -1.13. The summed E-state index contributed by atoms with van der Waals surface area (Å²) in [5.74, 6) is -1.42. The van der Waals surface area contributed by atoms with E-state index in [-0.39, 0.29) is 25.3 Å². The van der Waals surface area contributed by atoms with E-state index in [1.807, 2.05) is 37.3 Å². The van der Waals surface area contributed by atoms with E-state index < -0.39 is 48.1 Å². The van der Waals surface area contributed by atoms with Crippen LogP contribution in [0.25, 0.3) is 0 Å². The topological polar surface area (TPSA) is 166 Å². The third-order valence-corrected chi connectivity index (χ3v) is 9.82. The number of aliphatic hydroxyl groups is 1. The molecule has 5 rings (SSSR count). The van der Waals surface area contributed by atoms with Gasteiger partial charge in [0.25, 0.3) is 0 Å². The summed E-state index contributed by atoms with van der Waals surface area (Å²) in [7, 11) is 0. The molecule has 2 aliphatic heterocycles. The molecule has 3 heterocycles. The lowest BCUT2D eigenvalue weighted by molar-refractivity contribution is -0.140. The van der Waals surface area contributed by atoms with Crippen molar-refractivity contribution in [2.24, 2.45) is 11.8 Å². The number of likely N-dealkylation sites (N-methyl/N-ethyl adjacent to an activating group) is 1. The molecule has 3 aliphatic rings. The molecule has 1 aromatic carbocycles. The van der Waals surface area contributed by atoms with Crippen molar-refractivity contribution in [2.75, 3.05) is 39.4 Å². The zero-order chi connectivity index (χ0) is 33.9. The molecule has 0 radical (unpaired) electrons. The van der Waals surface area contributed by atoms with Gasteiger partial charge in [-0.2, -0.15) is 0 Å². The monoisotopic (exact) mass is 666 g/mol. The van der Waals surface area contributed by atoms with Crippen molar-refractivity contribution in [2.45, 2.75) is 89.0 Å². The lowest BCUT2D eigenvalue weighted by atomic mass is 9.83. The largest absolute Gasteiger partial charge is 0.441 e. The van der Waals surface area contributed by atoms with Crippen LogP contribution >= 0.6 is 0 Å². The van der Waals surface area contributed by atoms with E-state index >= 15 is 0 Å². The molecule has 48 heavy (non-hydrogen) atoms. The molecule has 0 unspecified atom stereocenters. The minimum Gasteiger partial charge on any atom is -0.441 e. The number of carbonyl (C=O) groups excluding carboxylic acids is 4. The fourth-order valence-corrected chi connectivity index (χ4v) is 7.00. The summed E-state index contributed by atoms with van der Waals surface area (Å²) in [5, 5.41) is 17.5. The van der Waals surface area contributed by atoms with Crippen molar-refractivity contribution in [3.05, 3.63) is 54.1 Å². The van der Waals surface area contributed by atoms with Gasteiger partial charge in [0.2, 0.25) is 17.7 Å². The molecule has 13 heteroatoms. The molecule has 0 spiro atoms. The van der Waals surface area contributed by atoms with Crippen LogP contribution in [0.4, 0.5) is 4.79 Å².